The van der Waals surface area contributed by atoms with Gasteiger partial charge in [0.2, 0.25) is 6.79 Å². The zero-order valence-electron chi connectivity index (χ0n) is 16.7. The minimum absolute atomic E-state index is 0.109. The van der Waals surface area contributed by atoms with Crippen LogP contribution in [-0.4, -0.2) is 47.6 Å². The molecule has 0 atom stereocenters. The summed E-state index contributed by atoms with van der Waals surface area (Å²) < 4.78 is 16.4. The number of fused-ring (bicyclic) bond motifs is 1. The molecule has 2 aromatic rings. The minimum Gasteiger partial charge on any atom is -0.466 e. The second kappa shape index (κ2) is 10.3. The molecule has 1 aliphatic rings. The van der Waals surface area contributed by atoms with Crippen LogP contribution in [0.1, 0.15) is 43.1 Å². The molecule has 0 bridgehead atoms. The Labute approximate surface area is 173 Å². The third-order valence-electron chi connectivity index (χ3n) is 4.30. The van der Waals surface area contributed by atoms with Crippen LogP contribution in [0.25, 0.3) is 0 Å². The zero-order chi connectivity index (χ0) is 21.3. The van der Waals surface area contributed by atoms with E-state index in [9.17, 15) is 14.4 Å². The molecule has 1 aliphatic heterocycles. The summed E-state index contributed by atoms with van der Waals surface area (Å²) in [5.74, 6) is 0.527. The van der Waals surface area contributed by atoms with Gasteiger partial charge in [0.25, 0.3) is 5.91 Å². The Kier molecular flexibility index (Phi) is 7.25. The SMILES string of the molecule is CCOC(=O)CCCCCNC(=O)n1ccc(C(=O)Nc2ccc3c(c2)OCO3)n1. The van der Waals surface area contributed by atoms with Gasteiger partial charge in [-0.3, -0.25) is 9.59 Å². The summed E-state index contributed by atoms with van der Waals surface area (Å²) in [4.78, 5) is 35.7. The summed E-state index contributed by atoms with van der Waals surface area (Å²) in [6.07, 6.45) is 4.03. The molecule has 10 heteroatoms. The van der Waals surface area contributed by atoms with Crippen molar-refractivity contribution < 1.29 is 28.6 Å². The van der Waals surface area contributed by atoms with Crippen molar-refractivity contribution in [2.45, 2.75) is 32.6 Å². The van der Waals surface area contributed by atoms with Crippen molar-refractivity contribution in [1.29, 1.82) is 0 Å². The number of anilines is 1. The summed E-state index contributed by atoms with van der Waals surface area (Å²) in [5.41, 5.74) is 0.642. The van der Waals surface area contributed by atoms with E-state index in [1.54, 1.807) is 25.1 Å². The smallest absolute Gasteiger partial charge is 0.342 e. The van der Waals surface area contributed by atoms with Crippen molar-refractivity contribution >= 4 is 23.6 Å². The number of amides is 2. The summed E-state index contributed by atoms with van der Waals surface area (Å²) in [6.45, 7) is 2.75. The Hall–Kier alpha value is -3.56. The fraction of sp³-hybridized carbons (Fsp3) is 0.400. The highest BCUT2D eigenvalue weighted by atomic mass is 16.7. The molecule has 2 amide bonds. The standard InChI is InChI=1S/C20H24N4O6/c1-2-28-18(25)6-4-3-5-10-21-20(27)24-11-9-15(23-24)19(26)22-14-7-8-16-17(12-14)30-13-29-16/h7-9,11-12H,2-6,10,13H2,1H3,(H,21,27)(H,22,26). The van der Waals surface area contributed by atoms with Gasteiger partial charge in [0, 0.05) is 30.9 Å². The highest BCUT2D eigenvalue weighted by Gasteiger charge is 2.16. The number of esters is 1. The van der Waals surface area contributed by atoms with Crippen LogP contribution in [0.3, 0.4) is 0 Å². The van der Waals surface area contributed by atoms with Crippen molar-refractivity contribution in [3.63, 3.8) is 0 Å². The monoisotopic (exact) mass is 416 g/mol. The summed E-state index contributed by atoms with van der Waals surface area (Å²) >= 11 is 0. The molecule has 2 N–H and O–H groups in total. The molecule has 0 spiro atoms. The third kappa shape index (κ3) is 5.72. The predicted molar refractivity (Wildman–Crippen MR) is 107 cm³/mol. The van der Waals surface area contributed by atoms with Gasteiger partial charge in [-0.2, -0.15) is 9.78 Å². The van der Waals surface area contributed by atoms with Crippen LogP contribution in [0.5, 0.6) is 11.5 Å². The lowest BCUT2D eigenvalue weighted by Gasteiger charge is -2.06. The zero-order valence-corrected chi connectivity index (χ0v) is 16.7. The molecule has 0 aliphatic carbocycles. The van der Waals surface area contributed by atoms with Crippen molar-refractivity contribution in [3.8, 4) is 11.5 Å². The lowest BCUT2D eigenvalue weighted by atomic mass is 10.2. The van der Waals surface area contributed by atoms with E-state index < -0.39 is 11.9 Å². The van der Waals surface area contributed by atoms with Gasteiger partial charge in [0.1, 0.15) is 0 Å². The van der Waals surface area contributed by atoms with Gasteiger partial charge < -0.3 is 24.8 Å². The molecular weight excluding hydrogens is 392 g/mol. The second-order valence-electron chi connectivity index (χ2n) is 6.52. The first-order valence-electron chi connectivity index (χ1n) is 9.77. The maximum Gasteiger partial charge on any atom is 0.342 e. The molecule has 2 heterocycles. The molecule has 160 valence electrons. The van der Waals surface area contributed by atoms with Crippen LogP contribution in [0.4, 0.5) is 10.5 Å². The molecular formula is C20H24N4O6. The average Bonchev–Trinajstić information content (AvgIpc) is 3.40. The Morgan fingerprint density at radius 2 is 1.97 bits per heavy atom. The summed E-state index contributed by atoms with van der Waals surface area (Å²) in [7, 11) is 0. The first kappa shape index (κ1) is 21.2. The predicted octanol–water partition coefficient (Wildman–Crippen LogP) is 2.55. The van der Waals surface area contributed by atoms with Crippen molar-refractivity contribution in [1.82, 2.24) is 15.1 Å². The Bertz CT molecular complexity index is 910. The normalized spacial score (nSPS) is 11.8. The maximum atomic E-state index is 12.4. The summed E-state index contributed by atoms with van der Waals surface area (Å²) in [6, 6.07) is 6.09. The van der Waals surface area contributed by atoms with E-state index in [1.807, 2.05) is 0 Å². The number of hydrogen-bond acceptors (Lipinski definition) is 7. The first-order valence-corrected chi connectivity index (χ1v) is 9.77. The van der Waals surface area contributed by atoms with Gasteiger partial charge in [-0.25, -0.2) is 4.79 Å². The number of unbranched alkanes of at least 4 members (excludes halogenated alkanes) is 2. The van der Waals surface area contributed by atoms with Gasteiger partial charge in [-0.1, -0.05) is 6.42 Å². The number of carbonyl (C=O) groups is 3. The van der Waals surface area contributed by atoms with E-state index in [0.29, 0.717) is 43.2 Å². The lowest BCUT2D eigenvalue weighted by Crippen LogP contribution is -2.30. The van der Waals surface area contributed by atoms with E-state index in [-0.39, 0.29) is 18.5 Å². The van der Waals surface area contributed by atoms with Gasteiger partial charge in [0.15, 0.2) is 17.2 Å². The number of ether oxygens (including phenoxy) is 3. The lowest BCUT2D eigenvalue weighted by molar-refractivity contribution is -0.143. The molecule has 0 saturated carbocycles. The molecule has 30 heavy (non-hydrogen) atoms. The van der Waals surface area contributed by atoms with E-state index in [0.717, 1.165) is 17.5 Å². The molecule has 1 aromatic heterocycles. The molecule has 1 aromatic carbocycles. The van der Waals surface area contributed by atoms with Gasteiger partial charge >= 0.3 is 12.0 Å². The van der Waals surface area contributed by atoms with Crippen LogP contribution in [0.2, 0.25) is 0 Å². The van der Waals surface area contributed by atoms with Crippen LogP contribution >= 0.6 is 0 Å². The number of hydrogen-bond donors (Lipinski definition) is 2. The number of nitrogens with zero attached hydrogens (tertiary/aromatic N) is 2. The first-order chi connectivity index (χ1) is 14.6. The summed E-state index contributed by atoms with van der Waals surface area (Å²) in [5, 5.41) is 9.44. The Morgan fingerprint density at radius 3 is 2.80 bits per heavy atom. The van der Waals surface area contributed by atoms with E-state index in [2.05, 4.69) is 15.7 Å². The van der Waals surface area contributed by atoms with Crippen LogP contribution < -0.4 is 20.1 Å². The van der Waals surface area contributed by atoms with Crippen molar-refractivity contribution in [2.75, 3.05) is 25.3 Å². The van der Waals surface area contributed by atoms with Gasteiger partial charge in [0.05, 0.1) is 6.61 Å². The quantitative estimate of drug-likeness (QED) is 0.476. The average molecular weight is 416 g/mol. The highest BCUT2D eigenvalue weighted by Crippen LogP contribution is 2.34. The fourth-order valence-electron chi connectivity index (χ4n) is 2.81. The molecule has 0 fully saturated rings. The Morgan fingerprint density at radius 1 is 1.13 bits per heavy atom. The minimum atomic E-state index is -0.445. The second-order valence-corrected chi connectivity index (χ2v) is 6.52. The maximum absolute atomic E-state index is 12.4. The fourth-order valence-corrected chi connectivity index (χ4v) is 2.81. The van der Waals surface area contributed by atoms with Crippen molar-refractivity contribution in [3.05, 3.63) is 36.2 Å². The molecule has 0 radical (unpaired) electrons. The number of benzene rings is 1. The van der Waals surface area contributed by atoms with Gasteiger partial charge in [-0.15, -0.1) is 0 Å². The number of aromatic nitrogens is 2. The van der Waals surface area contributed by atoms with E-state index >= 15 is 0 Å². The molecule has 0 saturated heterocycles. The van der Waals surface area contributed by atoms with Crippen LogP contribution in [0.15, 0.2) is 30.5 Å². The number of nitrogens with one attached hydrogen (secondary N) is 2. The van der Waals surface area contributed by atoms with E-state index in [1.165, 1.54) is 12.3 Å². The Balaban J connectivity index is 1.41. The number of rotatable bonds is 9. The van der Waals surface area contributed by atoms with Crippen molar-refractivity contribution in [2.24, 2.45) is 0 Å². The largest absolute Gasteiger partial charge is 0.466 e. The van der Waals surface area contributed by atoms with Gasteiger partial charge in [-0.05, 0) is 38.0 Å². The van der Waals surface area contributed by atoms with E-state index in [4.69, 9.17) is 14.2 Å². The van der Waals surface area contributed by atoms with Crippen LogP contribution in [0, 0.1) is 0 Å². The third-order valence-corrected chi connectivity index (χ3v) is 4.30. The van der Waals surface area contributed by atoms with Crippen LogP contribution in [-0.2, 0) is 9.53 Å². The molecule has 0 unspecified atom stereocenters. The molecule has 3 rings (SSSR count). The number of carbonyl (C=O) groups excluding carboxylic acids is 3. The highest BCUT2D eigenvalue weighted by molar-refractivity contribution is 6.03. The molecule has 10 nitrogen and oxygen atoms in total. The topological polar surface area (TPSA) is 121 Å².